The third-order valence-electron chi connectivity index (χ3n) is 5.08. The number of benzene rings is 3. The summed E-state index contributed by atoms with van der Waals surface area (Å²) in [5.74, 6) is 1.93. The van der Waals surface area contributed by atoms with E-state index in [4.69, 9.17) is 42.8 Å². The molecule has 0 fully saturated rings. The lowest BCUT2D eigenvalue weighted by atomic mass is 10.3. The number of methoxy groups -OCH3 is 1. The highest BCUT2D eigenvalue weighted by Gasteiger charge is 2.12. The Morgan fingerprint density at radius 2 is 1.31 bits per heavy atom. The second-order valence-electron chi connectivity index (χ2n) is 7.04. The van der Waals surface area contributed by atoms with Gasteiger partial charge in [0, 0.05) is 5.02 Å². The van der Waals surface area contributed by atoms with E-state index < -0.39 is 0 Å². The average molecular weight is 472 g/mol. The van der Waals surface area contributed by atoms with Gasteiger partial charge in [-0.15, -0.1) is 0 Å². The predicted molar refractivity (Wildman–Crippen MR) is 126 cm³/mol. The summed E-state index contributed by atoms with van der Waals surface area (Å²) in [6.07, 6.45) is 0. The number of fused-ring (bicyclic) bond motifs is 1. The van der Waals surface area contributed by atoms with Crippen LogP contribution in [-0.2, 0) is 13.1 Å². The first-order valence-electron chi connectivity index (χ1n) is 10.1. The average Bonchev–Trinajstić information content (AvgIpc) is 3.07. The molecule has 4 aromatic rings. The summed E-state index contributed by atoms with van der Waals surface area (Å²) < 4.78 is 20.9. The van der Waals surface area contributed by atoms with Crippen molar-refractivity contribution in [2.75, 3.05) is 20.3 Å². The lowest BCUT2D eigenvalue weighted by Gasteiger charge is -2.11. The fourth-order valence-corrected chi connectivity index (χ4v) is 4.03. The summed E-state index contributed by atoms with van der Waals surface area (Å²) in [5, 5.41) is 9.76. The maximum atomic E-state index is 8.74. The Kier molecular flexibility index (Phi) is 6.93. The normalized spacial score (nSPS) is 11.0. The largest absolute Gasteiger partial charge is 0.493 e. The monoisotopic (exact) mass is 471 g/mol. The van der Waals surface area contributed by atoms with Crippen LogP contribution in [0, 0.1) is 5.41 Å². The molecule has 0 aliphatic heterocycles. The van der Waals surface area contributed by atoms with Crippen LogP contribution in [0.25, 0.3) is 11.0 Å². The summed E-state index contributed by atoms with van der Waals surface area (Å²) in [4.78, 5) is 0. The molecule has 0 saturated heterocycles. The van der Waals surface area contributed by atoms with Crippen molar-refractivity contribution in [1.29, 1.82) is 5.41 Å². The Morgan fingerprint density at radius 3 is 1.91 bits per heavy atom. The first-order chi connectivity index (χ1) is 15.6. The third-order valence-corrected chi connectivity index (χ3v) is 5.61. The van der Waals surface area contributed by atoms with Gasteiger partial charge < -0.3 is 23.3 Å². The summed E-state index contributed by atoms with van der Waals surface area (Å²) in [7, 11) is 1.62. The number of hydrogen-bond donors (Lipinski definition) is 1. The van der Waals surface area contributed by atoms with Crippen molar-refractivity contribution in [2.24, 2.45) is 0 Å². The van der Waals surface area contributed by atoms with Crippen molar-refractivity contribution >= 4 is 34.2 Å². The van der Waals surface area contributed by atoms with Crippen LogP contribution in [0.2, 0.25) is 10.0 Å². The molecule has 0 amide bonds. The predicted octanol–water partition coefficient (Wildman–Crippen LogP) is 5.40. The van der Waals surface area contributed by atoms with Crippen LogP contribution in [0.5, 0.6) is 17.2 Å². The van der Waals surface area contributed by atoms with Crippen LogP contribution < -0.4 is 19.8 Å². The van der Waals surface area contributed by atoms with Gasteiger partial charge >= 0.3 is 0 Å². The second-order valence-corrected chi connectivity index (χ2v) is 7.88. The number of aromatic nitrogens is 2. The molecule has 166 valence electrons. The number of imidazole rings is 1. The quantitative estimate of drug-likeness (QED) is 0.355. The fraction of sp³-hybridized carbons (Fsp3) is 0.208. The van der Waals surface area contributed by atoms with Gasteiger partial charge in [0.2, 0.25) is 5.62 Å². The highest BCUT2D eigenvalue weighted by atomic mass is 35.5. The molecular formula is C24H23Cl2N3O3. The molecule has 0 saturated carbocycles. The summed E-state index contributed by atoms with van der Waals surface area (Å²) in [6.45, 7) is 1.79. The molecule has 1 aromatic heterocycles. The topological polar surface area (TPSA) is 61.4 Å². The number of hydrogen-bond acceptors (Lipinski definition) is 4. The summed E-state index contributed by atoms with van der Waals surface area (Å²) in [6, 6.07) is 20.6. The van der Waals surface area contributed by atoms with Crippen molar-refractivity contribution in [3.05, 3.63) is 82.4 Å². The zero-order chi connectivity index (χ0) is 22.5. The smallest absolute Gasteiger partial charge is 0.203 e. The Bertz CT molecular complexity index is 1280. The van der Waals surface area contributed by atoms with E-state index in [0.717, 1.165) is 11.0 Å². The maximum Gasteiger partial charge on any atom is 0.203 e. The van der Waals surface area contributed by atoms with Gasteiger partial charge in [-0.25, -0.2) is 0 Å². The van der Waals surface area contributed by atoms with Crippen molar-refractivity contribution in [3.63, 3.8) is 0 Å². The molecule has 4 rings (SSSR count). The molecule has 1 heterocycles. The van der Waals surface area contributed by atoms with Crippen molar-refractivity contribution in [1.82, 2.24) is 9.13 Å². The van der Waals surface area contributed by atoms with E-state index in [9.17, 15) is 0 Å². The number of nitrogens with one attached hydrogen (secondary N) is 1. The number of nitrogens with zero attached hydrogens (tertiary/aromatic N) is 2. The van der Waals surface area contributed by atoms with Gasteiger partial charge in [0.1, 0.15) is 19.0 Å². The van der Waals surface area contributed by atoms with E-state index in [0.29, 0.717) is 59.2 Å². The second kappa shape index (κ2) is 10.0. The van der Waals surface area contributed by atoms with Crippen molar-refractivity contribution < 1.29 is 14.2 Å². The number of ether oxygens (including phenoxy) is 3. The summed E-state index contributed by atoms with van der Waals surface area (Å²) in [5.41, 5.74) is 2.30. The zero-order valence-corrected chi connectivity index (χ0v) is 19.1. The van der Waals surface area contributed by atoms with Crippen LogP contribution >= 0.6 is 23.2 Å². The van der Waals surface area contributed by atoms with Crippen molar-refractivity contribution in [3.8, 4) is 17.2 Å². The first kappa shape index (κ1) is 22.1. The zero-order valence-electron chi connectivity index (χ0n) is 17.6. The molecule has 1 N–H and O–H groups in total. The fourth-order valence-electron chi connectivity index (χ4n) is 3.57. The molecule has 32 heavy (non-hydrogen) atoms. The molecule has 0 spiro atoms. The molecule has 3 aromatic carbocycles. The van der Waals surface area contributed by atoms with E-state index in [1.54, 1.807) is 25.3 Å². The van der Waals surface area contributed by atoms with Crippen LogP contribution in [0.4, 0.5) is 0 Å². The van der Waals surface area contributed by atoms with E-state index >= 15 is 0 Å². The number of halogens is 2. The van der Waals surface area contributed by atoms with Crippen LogP contribution in [-0.4, -0.2) is 29.5 Å². The molecule has 0 radical (unpaired) electrons. The highest BCUT2D eigenvalue weighted by molar-refractivity contribution is 6.35. The molecule has 6 nitrogen and oxygen atoms in total. The standard InChI is InChI=1S/C24H23Cl2N3O3/c1-30-22-8-4-5-9-23(22)32-15-13-29-20-7-3-2-6-19(20)28(24(29)27)12-14-31-21-11-10-17(25)16-18(21)26/h2-11,16,27H,12-15H2,1H3. The Balaban J connectivity index is 1.49. The minimum atomic E-state index is 0.365. The van der Waals surface area contributed by atoms with Crippen LogP contribution in [0.3, 0.4) is 0 Å². The molecular weight excluding hydrogens is 449 g/mol. The van der Waals surface area contributed by atoms with Crippen molar-refractivity contribution in [2.45, 2.75) is 13.1 Å². The van der Waals surface area contributed by atoms with Gasteiger partial charge in [0.15, 0.2) is 11.5 Å². The lowest BCUT2D eigenvalue weighted by Crippen LogP contribution is -2.28. The first-order valence-corrected chi connectivity index (χ1v) is 10.9. The van der Waals surface area contributed by atoms with E-state index in [2.05, 4.69) is 0 Å². The molecule has 0 aliphatic rings. The highest BCUT2D eigenvalue weighted by Crippen LogP contribution is 2.28. The molecule has 0 unspecified atom stereocenters. The van der Waals surface area contributed by atoms with E-state index in [-0.39, 0.29) is 0 Å². The van der Waals surface area contributed by atoms with Gasteiger partial charge in [0.05, 0.1) is 36.3 Å². The van der Waals surface area contributed by atoms with Gasteiger partial charge in [0.25, 0.3) is 0 Å². The van der Waals surface area contributed by atoms with Gasteiger partial charge in [-0.2, -0.15) is 0 Å². The Morgan fingerprint density at radius 1 is 0.750 bits per heavy atom. The minimum absolute atomic E-state index is 0.365. The van der Waals surface area contributed by atoms with Gasteiger partial charge in [-0.05, 0) is 42.5 Å². The van der Waals surface area contributed by atoms with Crippen LogP contribution in [0.1, 0.15) is 0 Å². The van der Waals surface area contributed by atoms with E-state index in [1.165, 1.54) is 0 Å². The maximum absolute atomic E-state index is 8.74. The SMILES string of the molecule is COc1ccccc1OCCn1c(=N)n(CCOc2ccc(Cl)cc2Cl)c2ccccc21. The molecule has 0 atom stereocenters. The number of rotatable bonds is 9. The van der Waals surface area contributed by atoms with Gasteiger partial charge in [-0.3, -0.25) is 5.41 Å². The third kappa shape index (κ3) is 4.71. The van der Waals surface area contributed by atoms with Crippen LogP contribution in [0.15, 0.2) is 66.7 Å². The molecule has 8 heteroatoms. The van der Waals surface area contributed by atoms with Gasteiger partial charge in [-0.1, -0.05) is 47.5 Å². The molecule has 0 aliphatic carbocycles. The summed E-state index contributed by atoms with van der Waals surface area (Å²) >= 11 is 12.1. The Labute approximate surface area is 196 Å². The number of para-hydroxylation sites is 4. The molecule has 0 bridgehead atoms. The van der Waals surface area contributed by atoms with E-state index in [1.807, 2.05) is 57.7 Å². The Hall–Kier alpha value is -3.09. The minimum Gasteiger partial charge on any atom is -0.493 e. The lowest BCUT2D eigenvalue weighted by molar-refractivity contribution is 0.276.